The Morgan fingerprint density at radius 1 is 1.29 bits per heavy atom. The summed E-state index contributed by atoms with van der Waals surface area (Å²) in [7, 11) is 1.66. The number of ether oxygens (including phenoxy) is 2. The Kier molecular flexibility index (Phi) is 5.63. The average molecular weight is 289 g/mol. The third kappa shape index (κ3) is 4.79. The van der Waals surface area contributed by atoms with Crippen LogP contribution in [0.15, 0.2) is 36.9 Å². The number of rotatable bonds is 8. The topological polar surface area (TPSA) is 48.3 Å². The Morgan fingerprint density at radius 3 is 2.81 bits per heavy atom. The van der Waals surface area contributed by atoms with Gasteiger partial charge < -0.3 is 19.4 Å². The van der Waals surface area contributed by atoms with Gasteiger partial charge in [0.1, 0.15) is 6.61 Å². The molecule has 2 rings (SSSR count). The van der Waals surface area contributed by atoms with Crippen molar-refractivity contribution < 1.29 is 9.47 Å². The molecule has 0 aliphatic carbocycles. The minimum atomic E-state index is 0.460. The van der Waals surface area contributed by atoms with Gasteiger partial charge in [0.25, 0.3) is 0 Å². The molecule has 5 nitrogen and oxygen atoms in total. The van der Waals surface area contributed by atoms with Crippen LogP contribution in [0.1, 0.15) is 19.4 Å². The summed E-state index contributed by atoms with van der Waals surface area (Å²) in [6, 6.07) is 6.50. The summed E-state index contributed by atoms with van der Waals surface area (Å²) in [6.07, 6.45) is 5.46. The minimum absolute atomic E-state index is 0.460. The number of aromatic nitrogens is 2. The monoisotopic (exact) mass is 289 g/mol. The molecule has 1 aromatic heterocycles. The Labute approximate surface area is 125 Å². The molecule has 0 radical (unpaired) electrons. The van der Waals surface area contributed by atoms with Crippen molar-refractivity contribution in [2.45, 2.75) is 33.0 Å². The normalized spacial score (nSPS) is 10.9. The number of hydrogen-bond acceptors (Lipinski definition) is 4. The van der Waals surface area contributed by atoms with Gasteiger partial charge >= 0.3 is 0 Å². The molecular formula is C16H23N3O2. The smallest absolute Gasteiger partial charge is 0.161 e. The maximum Gasteiger partial charge on any atom is 0.161 e. The van der Waals surface area contributed by atoms with E-state index in [1.807, 2.05) is 22.9 Å². The highest BCUT2D eigenvalue weighted by atomic mass is 16.5. The van der Waals surface area contributed by atoms with Crippen LogP contribution in [0.4, 0.5) is 0 Å². The molecule has 114 valence electrons. The third-order valence-corrected chi connectivity index (χ3v) is 3.11. The third-order valence-electron chi connectivity index (χ3n) is 3.11. The number of nitrogens with zero attached hydrogens (tertiary/aromatic N) is 2. The van der Waals surface area contributed by atoms with E-state index >= 15 is 0 Å². The van der Waals surface area contributed by atoms with Gasteiger partial charge in [0.2, 0.25) is 0 Å². The van der Waals surface area contributed by atoms with E-state index < -0.39 is 0 Å². The van der Waals surface area contributed by atoms with Crippen molar-refractivity contribution >= 4 is 0 Å². The molecule has 0 spiro atoms. The molecule has 0 saturated heterocycles. The van der Waals surface area contributed by atoms with Crippen LogP contribution in [0.5, 0.6) is 11.5 Å². The highest BCUT2D eigenvalue weighted by Crippen LogP contribution is 2.28. The molecule has 1 aromatic carbocycles. The minimum Gasteiger partial charge on any atom is -0.493 e. The van der Waals surface area contributed by atoms with Crippen molar-refractivity contribution in [3.05, 3.63) is 42.5 Å². The first-order valence-electron chi connectivity index (χ1n) is 7.18. The summed E-state index contributed by atoms with van der Waals surface area (Å²) in [5.41, 5.74) is 1.18. The zero-order valence-electron chi connectivity index (χ0n) is 12.9. The number of methoxy groups -OCH3 is 1. The van der Waals surface area contributed by atoms with Crippen LogP contribution >= 0.6 is 0 Å². The summed E-state index contributed by atoms with van der Waals surface area (Å²) in [6.45, 7) is 6.43. The van der Waals surface area contributed by atoms with E-state index in [0.29, 0.717) is 12.6 Å². The summed E-state index contributed by atoms with van der Waals surface area (Å²) in [5.74, 6) is 1.54. The second kappa shape index (κ2) is 7.69. The molecule has 21 heavy (non-hydrogen) atoms. The van der Waals surface area contributed by atoms with Crippen LogP contribution in [0.3, 0.4) is 0 Å². The average Bonchev–Trinajstić information content (AvgIpc) is 2.99. The molecule has 0 unspecified atom stereocenters. The van der Waals surface area contributed by atoms with Crippen LogP contribution in [0.2, 0.25) is 0 Å². The quantitative estimate of drug-likeness (QED) is 0.811. The molecule has 0 fully saturated rings. The van der Waals surface area contributed by atoms with Gasteiger partial charge in [-0.2, -0.15) is 0 Å². The lowest BCUT2D eigenvalue weighted by atomic mass is 10.2. The van der Waals surface area contributed by atoms with E-state index in [-0.39, 0.29) is 0 Å². The highest BCUT2D eigenvalue weighted by Gasteiger charge is 2.06. The Balaban J connectivity index is 1.92. The van der Waals surface area contributed by atoms with Crippen LogP contribution < -0.4 is 14.8 Å². The summed E-state index contributed by atoms with van der Waals surface area (Å²) in [5, 5.41) is 3.39. The van der Waals surface area contributed by atoms with Crippen molar-refractivity contribution in [1.29, 1.82) is 0 Å². The first kappa shape index (κ1) is 15.4. The van der Waals surface area contributed by atoms with Crippen LogP contribution in [-0.2, 0) is 13.1 Å². The van der Waals surface area contributed by atoms with Gasteiger partial charge in [-0.3, -0.25) is 0 Å². The number of nitrogens with one attached hydrogen (secondary N) is 1. The van der Waals surface area contributed by atoms with E-state index in [1.165, 1.54) is 5.56 Å². The Morgan fingerprint density at radius 2 is 2.14 bits per heavy atom. The molecule has 0 saturated carbocycles. The summed E-state index contributed by atoms with van der Waals surface area (Å²) in [4.78, 5) is 4.00. The zero-order chi connectivity index (χ0) is 15.1. The van der Waals surface area contributed by atoms with Crippen molar-refractivity contribution in [2.75, 3.05) is 13.7 Å². The van der Waals surface area contributed by atoms with Crippen molar-refractivity contribution in [3.63, 3.8) is 0 Å². The molecule has 5 heteroatoms. The van der Waals surface area contributed by atoms with Gasteiger partial charge in [-0.15, -0.1) is 0 Å². The highest BCUT2D eigenvalue weighted by molar-refractivity contribution is 5.42. The first-order valence-corrected chi connectivity index (χ1v) is 7.18. The van der Waals surface area contributed by atoms with Crippen molar-refractivity contribution in [3.8, 4) is 11.5 Å². The second-order valence-corrected chi connectivity index (χ2v) is 5.17. The second-order valence-electron chi connectivity index (χ2n) is 5.17. The molecule has 0 atom stereocenters. The SMILES string of the molecule is COc1cc(CNC(C)C)ccc1OCCn1ccnc1. The van der Waals surface area contributed by atoms with E-state index in [4.69, 9.17) is 9.47 Å². The van der Waals surface area contributed by atoms with Crippen molar-refractivity contribution in [2.24, 2.45) is 0 Å². The van der Waals surface area contributed by atoms with Gasteiger partial charge in [-0.1, -0.05) is 19.9 Å². The molecular weight excluding hydrogens is 266 g/mol. The lowest BCUT2D eigenvalue weighted by Crippen LogP contribution is -2.21. The van der Waals surface area contributed by atoms with E-state index in [9.17, 15) is 0 Å². The molecule has 0 aliphatic heterocycles. The van der Waals surface area contributed by atoms with E-state index in [1.54, 1.807) is 19.6 Å². The van der Waals surface area contributed by atoms with Crippen LogP contribution in [0, 0.1) is 0 Å². The van der Waals surface area contributed by atoms with Gasteiger partial charge in [0.05, 0.1) is 20.0 Å². The number of benzene rings is 1. The van der Waals surface area contributed by atoms with Gasteiger partial charge in [0.15, 0.2) is 11.5 Å². The first-order chi connectivity index (χ1) is 10.2. The lowest BCUT2D eigenvalue weighted by molar-refractivity contribution is 0.279. The molecule has 0 amide bonds. The van der Waals surface area contributed by atoms with Crippen molar-refractivity contribution in [1.82, 2.24) is 14.9 Å². The number of imidazole rings is 1. The van der Waals surface area contributed by atoms with Crippen LogP contribution in [-0.4, -0.2) is 29.3 Å². The predicted octanol–water partition coefficient (Wildman–Crippen LogP) is 2.47. The fourth-order valence-electron chi connectivity index (χ4n) is 1.94. The van der Waals surface area contributed by atoms with E-state index in [0.717, 1.165) is 24.6 Å². The van der Waals surface area contributed by atoms with E-state index in [2.05, 4.69) is 30.2 Å². The molecule has 0 bridgehead atoms. The number of hydrogen-bond donors (Lipinski definition) is 1. The van der Waals surface area contributed by atoms with Gasteiger partial charge in [0, 0.05) is 25.0 Å². The Bertz CT molecular complexity index is 538. The summed E-state index contributed by atoms with van der Waals surface area (Å²) >= 11 is 0. The Hall–Kier alpha value is -2.01. The lowest BCUT2D eigenvalue weighted by Gasteiger charge is -2.13. The standard InChI is InChI=1S/C16H23N3O2/c1-13(2)18-11-14-4-5-15(16(10-14)20-3)21-9-8-19-7-6-17-12-19/h4-7,10,12-13,18H,8-9,11H2,1-3H3. The fourth-order valence-corrected chi connectivity index (χ4v) is 1.94. The van der Waals surface area contributed by atoms with Crippen LogP contribution in [0.25, 0.3) is 0 Å². The maximum absolute atomic E-state index is 5.79. The summed E-state index contributed by atoms with van der Waals surface area (Å²) < 4.78 is 13.2. The molecule has 2 aromatic rings. The maximum atomic E-state index is 5.79. The molecule has 1 heterocycles. The molecule has 0 aliphatic rings. The zero-order valence-corrected chi connectivity index (χ0v) is 12.9. The largest absolute Gasteiger partial charge is 0.493 e. The van der Waals surface area contributed by atoms with Gasteiger partial charge in [-0.25, -0.2) is 4.98 Å². The molecule has 1 N–H and O–H groups in total. The predicted molar refractivity (Wildman–Crippen MR) is 82.7 cm³/mol. The van der Waals surface area contributed by atoms with Gasteiger partial charge in [-0.05, 0) is 17.7 Å². The fraction of sp³-hybridized carbons (Fsp3) is 0.438.